The molecule has 0 aliphatic heterocycles. The molecule has 0 N–H and O–H groups in total. The Bertz CT molecular complexity index is 3560. The minimum absolute atomic E-state index is 0.947. The molecule has 9 aromatic carbocycles. The third kappa shape index (κ3) is 5.94. The molecule has 0 aliphatic carbocycles. The Hall–Kier alpha value is -8.27. The summed E-state index contributed by atoms with van der Waals surface area (Å²) in [5.41, 5.74) is 18.1. The van der Waals surface area contributed by atoms with Gasteiger partial charge in [-0.3, -0.25) is 0 Å². The second-order valence-corrected chi connectivity index (χ2v) is 15.9. The van der Waals surface area contributed by atoms with Crippen LogP contribution in [0.4, 0.5) is 0 Å². The van der Waals surface area contributed by atoms with Crippen molar-refractivity contribution >= 4 is 43.6 Å². The van der Waals surface area contributed by atoms with E-state index < -0.39 is 0 Å². The van der Waals surface area contributed by atoms with Crippen molar-refractivity contribution in [2.75, 3.05) is 0 Å². The average molecular weight is 790 g/mol. The minimum Gasteiger partial charge on any atom is -0.309 e. The first-order valence-corrected chi connectivity index (χ1v) is 21.2. The Morgan fingerprint density at radius 3 is 1.56 bits per heavy atom. The SMILES string of the molecule is c1ccc(-c2cc(-c3ccccc3)nc(-c3cccc(-c4ccc5c(c4)c4ccccc4n5-c4ccccc4-c4cccc5c6ccccc6n(-c6ccccc6)c45)c3)c2)cc1. The molecule has 0 saturated heterocycles. The quantitative estimate of drug-likeness (QED) is 0.158. The van der Waals surface area contributed by atoms with Gasteiger partial charge in [-0.15, -0.1) is 0 Å². The Kier molecular flexibility index (Phi) is 8.50. The van der Waals surface area contributed by atoms with Crippen LogP contribution in [0.1, 0.15) is 0 Å². The molecule has 3 heteroatoms. The molecule has 3 heterocycles. The second kappa shape index (κ2) is 14.8. The molecule has 0 aliphatic rings. The first kappa shape index (κ1) is 35.7. The number of nitrogens with zero attached hydrogens (tertiary/aromatic N) is 3. The molecule has 3 aromatic heterocycles. The molecular formula is C59H39N3. The molecule has 62 heavy (non-hydrogen) atoms. The van der Waals surface area contributed by atoms with Gasteiger partial charge in [-0.1, -0.05) is 176 Å². The van der Waals surface area contributed by atoms with Crippen LogP contribution in [-0.2, 0) is 0 Å². The lowest BCUT2D eigenvalue weighted by Crippen LogP contribution is -1.99. The van der Waals surface area contributed by atoms with Crippen LogP contribution >= 0.6 is 0 Å². The smallest absolute Gasteiger partial charge is 0.0715 e. The Morgan fingerprint density at radius 1 is 0.274 bits per heavy atom. The molecule has 3 nitrogen and oxygen atoms in total. The predicted molar refractivity (Wildman–Crippen MR) is 260 cm³/mol. The number of pyridine rings is 1. The zero-order valence-corrected chi connectivity index (χ0v) is 33.9. The Balaban J connectivity index is 1.02. The molecule has 0 spiro atoms. The maximum absolute atomic E-state index is 5.24. The number of hydrogen-bond acceptors (Lipinski definition) is 1. The van der Waals surface area contributed by atoms with Gasteiger partial charge in [0, 0.05) is 49.5 Å². The summed E-state index contributed by atoms with van der Waals surface area (Å²) in [5, 5.41) is 4.92. The molecular weight excluding hydrogens is 751 g/mol. The van der Waals surface area contributed by atoms with Crippen LogP contribution in [0.25, 0.3) is 111 Å². The number of para-hydroxylation sites is 5. The van der Waals surface area contributed by atoms with Crippen molar-refractivity contribution < 1.29 is 0 Å². The fourth-order valence-electron chi connectivity index (χ4n) is 9.48. The van der Waals surface area contributed by atoms with Gasteiger partial charge in [0.15, 0.2) is 0 Å². The fourth-order valence-corrected chi connectivity index (χ4v) is 9.48. The molecule has 0 saturated carbocycles. The molecule has 0 radical (unpaired) electrons. The van der Waals surface area contributed by atoms with E-state index in [1.807, 2.05) is 0 Å². The zero-order chi connectivity index (χ0) is 41.0. The highest BCUT2D eigenvalue weighted by atomic mass is 15.0. The summed E-state index contributed by atoms with van der Waals surface area (Å²) < 4.78 is 4.89. The molecule has 0 amide bonds. The Labute approximate surface area is 360 Å². The molecule has 290 valence electrons. The summed E-state index contributed by atoms with van der Waals surface area (Å²) in [7, 11) is 0. The first-order valence-electron chi connectivity index (χ1n) is 21.2. The summed E-state index contributed by atoms with van der Waals surface area (Å²) in [6, 6.07) is 85.2. The maximum Gasteiger partial charge on any atom is 0.0715 e. The van der Waals surface area contributed by atoms with Gasteiger partial charge in [0.2, 0.25) is 0 Å². The highest BCUT2D eigenvalue weighted by molar-refractivity contribution is 6.15. The molecule has 0 fully saturated rings. The van der Waals surface area contributed by atoms with Gasteiger partial charge in [0.25, 0.3) is 0 Å². The van der Waals surface area contributed by atoms with Crippen LogP contribution in [0.2, 0.25) is 0 Å². The van der Waals surface area contributed by atoms with E-state index in [-0.39, 0.29) is 0 Å². The van der Waals surface area contributed by atoms with Gasteiger partial charge in [-0.25, -0.2) is 4.98 Å². The van der Waals surface area contributed by atoms with E-state index in [0.717, 1.165) is 50.6 Å². The summed E-state index contributed by atoms with van der Waals surface area (Å²) >= 11 is 0. The lowest BCUT2D eigenvalue weighted by molar-refractivity contribution is 1.17. The molecule has 12 rings (SSSR count). The van der Waals surface area contributed by atoms with Gasteiger partial charge < -0.3 is 9.13 Å². The molecule has 12 aromatic rings. The summed E-state index contributed by atoms with van der Waals surface area (Å²) in [6.07, 6.45) is 0. The van der Waals surface area contributed by atoms with Crippen molar-refractivity contribution in [3.8, 4) is 67.3 Å². The zero-order valence-electron chi connectivity index (χ0n) is 33.9. The highest BCUT2D eigenvalue weighted by Gasteiger charge is 2.21. The van der Waals surface area contributed by atoms with Crippen LogP contribution in [0.3, 0.4) is 0 Å². The van der Waals surface area contributed by atoms with E-state index in [2.05, 4.69) is 246 Å². The Morgan fingerprint density at radius 2 is 0.790 bits per heavy atom. The lowest BCUT2D eigenvalue weighted by Gasteiger charge is -2.17. The van der Waals surface area contributed by atoms with E-state index in [0.29, 0.717) is 0 Å². The lowest BCUT2D eigenvalue weighted by atomic mass is 9.97. The normalized spacial score (nSPS) is 11.5. The van der Waals surface area contributed by atoms with Crippen molar-refractivity contribution in [2.45, 2.75) is 0 Å². The number of rotatable bonds is 7. The van der Waals surface area contributed by atoms with Gasteiger partial charge >= 0.3 is 0 Å². The van der Waals surface area contributed by atoms with E-state index in [1.165, 1.54) is 60.3 Å². The average Bonchev–Trinajstić information content (AvgIpc) is 3.87. The van der Waals surface area contributed by atoms with Crippen LogP contribution in [0.15, 0.2) is 237 Å². The third-order valence-electron chi connectivity index (χ3n) is 12.3. The van der Waals surface area contributed by atoms with Gasteiger partial charge in [0.05, 0.1) is 39.1 Å². The largest absolute Gasteiger partial charge is 0.309 e. The van der Waals surface area contributed by atoms with E-state index >= 15 is 0 Å². The number of aromatic nitrogens is 3. The standard InChI is InChI=1S/C59H39N3/c1-4-18-40(19-5-1)45-38-53(41-20-6-2-7-21-41)60-54(39-45)44-23-16-22-42(36-44)43-34-35-58-52(37-43)49-28-12-15-33-57(49)62(58)56-32-14-11-27-48(56)51-30-17-29-50-47-26-10-13-31-55(47)61(59(50)51)46-24-8-3-9-25-46/h1-39H. The van der Waals surface area contributed by atoms with Crippen LogP contribution in [0, 0.1) is 0 Å². The third-order valence-corrected chi connectivity index (χ3v) is 12.3. The monoisotopic (exact) mass is 789 g/mol. The topological polar surface area (TPSA) is 22.8 Å². The van der Waals surface area contributed by atoms with Crippen LogP contribution in [-0.4, -0.2) is 14.1 Å². The van der Waals surface area contributed by atoms with E-state index in [9.17, 15) is 0 Å². The molecule has 0 unspecified atom stereocenters. The van der Waals surface area contributed by atoms with E-state index in [1.54, 1.807) is 0 Å². The molecule has 0 atom stereocenters. The number of benzene rings is 9. The number of fused-ring (bicyclic) bond motifs is 6. The van der Waals surface area contributed by atoms with Gasteiger partial charge in [-0.2, -0.15) is 0 Å². The summed E-state index contributed by atoms with van der Waals surface area (Å²) in [5.74, 6) is 0. The van der Waals surface area contributed by atoms with Crippen LogP contribution in [0.5, 0.6) is 0 Å². The van der Waals surface area contributed by atoms with Crippen LogP contribution < -0.4 is 0 Å². The van der Waals surface area contributed by atoms with Crippen molar-refractivity contribution in [1.82, 2.24) is 14.1 Å². The predicted octanol–water partition coefficient (Wildman–Crippen LogP) is 15.6. The van der Waals surface area contributed by atoms with Crippen molar-refractivity contribution in [3.05, 3.63) is 237 Å². The van der Waals surface area contributed by atoms with Crippen molar-refractivity contribution in [3.63, 3.8) is 0 Å². The fraction of sp³-hybridized carbons (Fsp3) is 0. The van der Waals surface area contributed by atoms with E-state index in [4.69, 9.17) is 4.98 Å². The maximum atomic E-state index is 5.24. The first-order chi connectivity index (χ1) is 30.8. The second-order valence-electron chi connectivity index (χ2n) is 15.9. The molecule has 0 bridgehead atoms. The van der Waals surface area contributed by atoms with Gasteiger partial charge in [0.1, 0.15) is 0 Å². The van der Waals surface area contributed by atoms with Crippen molar-refractivity contribution in [1.29, 1.82) is 0 Å². The summed E-state index contributed by atoms with van der Waals surface area (Å²) in [6.45, 7) is 0. The van der Waals surface area contributed by atoms with Gasteiger partial charge in [-0.05, 0) is 82.9 Å². The minimum atomic E-state index is 0.947. The van der Waals surface area contributed by atoms with Crippen molar-refractivity contribution in [2.24, 2.45) is 0 Å². The number of hydrogen-bond donors (Lipinski definition) is 0. The summed E-state index contributed by atoms with van der Waals surface area (Å²) in [4.78, 5) is 5.24. The highest BCUT2D eigenvalue weighted by Crippen LogP contribution is 2.43.